The molecule has 1 spiro atoms. The third kappa shape index (κ3) is 8.25. The Balaban J connectivity index is 1.06. The number of benzene rings is 12. The molecule has 0 atom stereocenters. The van der Waals surface area contributed by atoms with E-state index in [9.17, 15) is 0 Å². The van der Waals surface area contributed by atoms with Gasteiger partial charge >= 0.3 is 0 Å². The van der Waals surface area contributed by atoms with Gasteiger partial charge in [0.1, 0.15) is 16.7 Å². The minimum Gasteiger partial charge on any atom is -0.456 e. The maximum absolute atomic E-state index is 7.32. The molecule has 0 bridgehead atoms. The first-order valence-corrected chi connectivity index (χ1v) is 31.7. The second-order valence-corrected chi connectivity index (χ2v) is 29.3. The highest BCUT2D eigenvalue weighted by Crippen LogP contribution is 2.66. The Labute approximate surface area is 522 Å². The summed E-state index contributed by atoms with van der Waals surface area (Å²) in [6.45, 7) is 27.5. The quantitative estimate of drug-likeness (QED) is 0.166. The van der Waals surface area contributed by atoms with Gasteiger partial charge in [0.15, 0.2) is 5.58 Å². The van der Waals surface area contributed by atoms with Crippen molar-refractivity contribution < 1.29 is 8.83 Å². The van der Waals surface area contributed by atoms with Crippen molar-refractivity contribution in [2.45, 2.75) is 110 Å². The summed E-state index contributed by atoms with van der Waals surface area (Å²) >= 11 is 0. The fourth-order valence-electron chi connectivity index (χ4n) is 15.1. The smallest absolute Gasteiger partial charge is 0.160 e. The number of hydrogen-bond donors (Lipinski definition) is 0. The van der Waals surface area contributed by atoms with Crippen molar-refractivity contribution in [2.75, 3.05) is 9.80 Å². The van der Waals surface area contributed by atoms with Gasteiger partial charge < -0.3 is 18.6 Å². The second kappa shape index (κ2) is 19.2. The van der Waals surface area contributed by atoms with E-state index in [4.69, 9.17) is 8.83 Å². The van der Waals surface area contributed by atoms with Gasteiger partial charge in [-0.15, -0.1) is 0 Å². The van der Waals surface area contributed by atoms with Gasteiger partial charge in [-0.25, -0.2) is 0 Å². The summed E-state index contributed by atoms with van der Waals surface area (Å²) in [5.74, 6) is 0. The Hall–Kier alpha value is -9.64. The maximum Gasteiger partial charge on any atom is 0.160 e. The summed E-state index contributed by atoms with van der Waals surface area (Å²) in [6.07, 6.45) is 0. The molecule has 16 rings (SSSR count). The molecule has 14 aromatic rings. The molecule has 2 heterocycles. The van der Waals surface area contributed by atoms with Gasteiger partial charge in [0.05, 0.1) is 16.8 Å². The van der Waals surface area contributed by atoms with E-state index in [1.54, 1.807) is 0 Å². The summed E-state index contributed by atoms with van der Waals surface area (Å²) in [5, 5.41) is 8.99. The largest absolute Gasteiger partial charge is 0.456 e. The van der Waals surface area contributed by atoms with E-state index < -0.39 is 5.41 Å². The molecule has 4 heteroatoms. The summed E-state index contributed by atoms with van der Waals surface area (Å²) in [6, 6.07) is 87.4. The lowest BCUT2D eigenvalue weighted by molar-refractivity contribution is 0.590. The number of fused-ring (bicyclic) bond motifs is 21. The van der Waals surface area contributed by atoms with Crippen LogP contribution in [0, 0.1) is 0 Å². The molecular weight excluding hydrogens is 1080 g/mol. The van der Waals surface area contributed by atoms with Crippen molar-refractivity contribution >= 4 is 99.5 Å². The fourth-order valence-corrected chi connectivity index (χ4v) is 15.1. The van der Waals surface area contributed by atoms with Crippen LogP contribution in [0.4, 0.5) is 34.1 Å². The van der Waals surface area contributed by atoms with Crippen LogP contribution in [0.3, 0.4) is 0 Å². The van der Waals surface area contributed by atoms with E-state index in [-0.39, 0.29) is 21.7 Å². The molecule has 0 fully saturated rings. The van der Waals surface area contributed by atoms with Crippen LogP contribution in [0.5, 0.6) is 0 Å². The number of rotatable bonds is 6. The van der Waals surface area contributed by atoms with Crippen LogP contribution in [-0.2, 0) is 27.1 Å². The SMILES string of the molecule is CC(C)(C)c1ccc(N(c2ccc(C(C)(C)C)cc2)c2cc3cc4c(cc3c3c2oc2ccccc23)-c2c(cc(N(c3ccc(C(C)(C)C)cc3)c3ccc(C(C)(C)C)cc3)c3c2ccc2oc5ccccc5c23)C42c3ccccc3-c3ccccc32)cc1. The second-order valence-electron chi connectivity index (χ2n) is 29.3. The van der Waals surface area contributed by atoms with Crippen LogP contribution in [0.2, 0.25) is 0 Å². The Kier molecular flexibility index (Phi) is 11.8. The minimum atomic E-state index is -0.737. The van der Waals surface area contributed by atoms with Crippen LogP contribution >= 0.6 is 0 Å². The van der Waals surface area contributed by atoms with E-state index in [1.165, 1.54) is 72.1 Å². The van der Waals surface area contributed by atoms with Crippen LogP contribution < -0.4 is 9.80 Å². The van der Waals surface area contributed by atoms with E-state index in [1.807, 2.05) is 0 Å². The molecule has 89 heavy (non-hydrogen) atoms. The molecule has 0 N–H and O–H groups in total. The monoisotopic (exact) mass is 1150 g/mol. The molecule has 0 saturated carbocycles. The molecular formula is C85H74N2O2. The van der Waals surface area contributed by atoms with E-state index >= 15 is 0 Å². The molecule has 0 amide bonds. The van der Waals surface area contributed by atoms with Crippen molar-refractivity contribution in [3.05, 3.63) is 275 Å². The van der Waals surface area contributed by atoms with Gasteiger partial charge in [-0.05, 0) is 202 Å². The Morgan fingerprint density at radius 2 is 0.719 bits per heavy atom. The van der Waals surface area contributed by atoms with Gasteiger partial charge in [-0.2, -0.15) is 0 Å². The van der Waals surface area contributed by atoms with E-state index in [0.29, 0.717) is 0 Å². The molecule has 436 valence electrons. The minimum absolute atomic E-state index is 0.0177. The van der Waals surface area contributed by atoms with Gasteiger partial charge in [0, 0.05) is 49.7 Å². The standard InChI is InChI=1S/C85H74N2O2/c1-81(2,3)52-29-37-56(38-30-52)86(57-39-31-53(32-40-57)82(4,5)6)71-50-70-76(64-45-46-75-79(78(64)71)63-24-16-19-27-73(63)88-75)66-49-65-51(47-69(66)85(70)67-25-17-13-21-60(67)61-22-14-18-26-68(61)85)48-72(80-77(65)62-23-15-20-28-74(62)89-80)87(58-41-33-54(34-42-58)83(7,8)9)59-43-35-55(36-44-59)84(10,11)12/h13-50H,1-12H3. The van der Waals surface area contributed by atoms with Gasteiger partial charge in [-0.3, -0.25) is 0 Å². The first-order chi connectivity index (χ1) is 42.7. The van der Waals surface area contributed by atoms with Crippen molar-refractivity contribution in [2.24, 2.45) is 0 Å². The highest BCUT2D eigenvalue weighted by molar-refractivity contribution is 6.29. The topological polar surface area (TPSA) is 32.8 Å². The van der Waals surface area contributed by atoms with Gasteiger partial charge in [-0.1, -0.05) is 217 Å². The number of hydrogen-bond acceptors (Lipinski definition) is 4. The zero-order chi connectivity index (χ0) is 61.3. The molecule has 2 aliphatic rings. The lowest BCUT2D eigenvalue weighted by Crippen LogP contribution is -2.26. The highest BCUT2D eigenvalue weighted by Gasteiger charge is 2.53. The van der Waals surface area contributed by atoms with Crippen LogP contribution in [0.15, 0.2) is 239 Å². The van der Waals surface area contributed by atoms with Crippen LogP contribution in [-0.4, -0.2) is 0 Å². The average molecular weight is 1160 g/mol. The fraction of sp³-hybridized carbons (Fsp3) is 0.200. The summed E-state index contributed by atoms with van der Waals surface area (Å²) in [5.41, 5.74) is 24.2. The molecule has 2 aromatic heterocycles. The van der Waals surface area contributed by atoms with Crippen molar-refractivity contribution in [1.29, 1.82) is 0 Å². The maximum atomic E-state index is 7.32. The molecule has 0 radical (unpaired) electrons. The van der Waals surface area contributed by atoms with Crippen LogP contribution in [0.25, 0.3) is 87.7 Å². The van der Waals surface area contributed by atoms with Crippen molar-refractivity contribution in [1.82, 2.24) is 0 Å². The summed E-state index contributed by atoms with van der Waals surface area (Å²) < 4.78 is 14.2. The zero-order valence-corrected chi connectivity index (χ0v) is 53.2. The first kappa shape index (κ1) is 54.7. The Morgan fingerprint density at radius 3 is 1.20 bits per heavy atom. The molecule has 0 saturated heterocycles. The van der Waals surface area contributed by atoms with E-state index in [2.05, 4.69) is 323 Å². The van der Waals surface area contributed by atoms with Gasteiger partial charge in [0.2, 0.25) is 0 Å². The normalized spacial score (nSPS) is 13.7. The first-order valence-electron chi connectivity index (χ1n) is 31.7. The summed E-state index contributed by atoms with van der Waals surface area (Å²) in [4.78, 5) is 4.96. The third-order valence-electron chi connectivity index (χ3n) is 19.7. The molecule has 12 aromatic carbocycles. The van der Waals surface area contributed by atoms with E-state index in [0.717, 1.165) is 94.2 Å². The molecule has 2 aliphatic carbocycles. The third-order valence-corrected chi connectivity index (χ3v) is 19.7. The Bertz CT molecular complexity index is 5040. The number of nitrogens with zero attached hydrogens (tertiary/aromatic N) is 2. The predicted molar refractivity (Wildman–Crippen MR) is 376 cm³/mol. The van der Waals surface area contributed by atoms with Crippen molar-refractivity contribution in [3.8, 4) is 22.3 Å². The lowest BCUT2D eigenvalue weighted by atomic mass is 9.70. The Morgan fingerprint density at radius 1 is 0.292 bits per heavy atom. The average Bonchev–Trinajstić information content (AvgIpc) is 1.50. The lowest BCUT2D eigenvalue weighted by Gasteiger charge is -2.33. The van der Waals surface area contributed by atoms with Gasteiger partial charge in [0.25, 0.3) is 0 Å². The molecule has 4 nitrogen and oxygen atoms in total. The van der Waals surface area contributed by atoms with Crippen LogP contribution in [0.1, 0.15) is 128 Å². The summed E-state index contributed by atoms with van der Waals surface area (Å²) in [7, 11) is 0. The van der Waals surface area contributed by atoms with Crippen molar-refractivity contribution in [3.63, 3.8) is 0 Å². The predicted octanol–water partition coefficient (Wildman–Crippen LogP) is 24.3. The number of furan rings is 2. The molecule has 0 aliphatic heterocycles. The highest BCUT2D eigenvalue weighted by atomic mass is 16.3. The molecule has 0 unspecified atom stereocenters. The number of anilines is 6. The zero-order valence-electron chi connectivity index (χ0n) is 53.2. The number of para-hydroxylation sites is 2.